The number of ether oxygens (including phenoxy) is 1. The molecule has 92 valence electrons. The zero-order valence-corrected chi connectivity index (χ0v) is 9.73. The van der Waals surface area contributed by atoms with E-state index in [0.717, 1.165) is 0 Å². The summed E-state index contributed by atoms with van der Waals surface area (Å²) in [5, 5.41) is 5.29. The zero-order valence-electron chi connectivity index (χ0n) is 9.73. The minimum absolute atomic E-state index is 0.144. The molecular weight excluding hydrogens is 220 g/mol. The van der Waals surface area contributed by atoms with Crippen molar-refractivity contribution in [3.63, 3.8) is 0 Å². The first kappa shape index (κ1) is 13.0. The fourth-order valence-corrected chi connectivity index (χ4v) is 1.32. The molecule has 0 unspecified atom stereocenters. The van der Waals surface area contributed by atoms with Crippen LogP contribution in [0.1, 0.15) is 16.8 Å². The lowest BCUT2D eigenvalue weighted by Gasteiger charge is -2.06. The van der Waals surface area contributed by atoms with Crippen LogP contribution in [0.15, 0.2) is 24.3 Å². The molecule has 1 aromatic rings. The van der Waals surface area contributed by atoms with Gasteiger partial charge >= 0.3 is 0 Å². The number of nitrogens with one attached hydrogen (secondary N) is 2. The second kappa shape index (κ2) is 7.27. The van der Waals surface area contributed by atoms with Gasteiger partial charge in [-0.3, -0.25) is 9.59 Å². The van der Waals surface area contributed by atoms with Crippen molar-refractivity contribution in [1.29, 1.82) is 0 Å². The van der Waals surface area contributed by atoms with Crippen molar-refractivity contribution in [3.8, 4) is 5.75 Å². The van der Waals surface area contributed by atoms with Crippen LogP contribution in [0.25, 0.3) is 0 Å². The zero-order chi connectivity index (χ0) is 12.5. The molecule has 0 aromatic heterocycles. The third kappa shape index (κ3) is 4.55. The van der Waals surface area contributed by atoms with Gasteiger partial charge in [0.25, 0.3) is 5.91 Å². The number of hydrogen-bond donors (Lipinski definition) is 2. The molecule has 0 bridgehead atoms. The molecular formula is C12H16N2O3. The van der Waals surface area contributed by atoms with Crippen LogP contribution in [0.4, 0.5) is 0 Å². The Morgan fingerprint density at radius 2 is 2.24 bits per heavy atom. The Morgan fingerprint density at radius 3 is 2.94 bits per heavy atom. The summed E-state index contributed by atoms with van der Waals surface area (Å²) in [6.45, 7) is 1.08. The van der Waals surface area contributed by atoms with Gasteiger partial charge in [0.05, 0.1) is 7.11 Å². The smallest absolute Gasteiger partial charge is 0.251 e. The van der Waals surface area contributed by atoms with Gasteiger partial charge in [-0.2, -0.15) is 0 Å². The van der Waals surface area contributed by atoms with Crippen molar-refractivity contribution in [1.82, 2.24) is 10.6 Å². The van der Waals surface area contributed by atoms with Gasteiger partial charge in [-0.25, -0.2) is 0 Å². The summed E-state index contributed by atoms with van der Waals surface area (Å²) in [6, 6.07) is 6.95. The second-order valence-corrected chi connectivity index (χ2v) is 3.41. The summed E-state index contributed by atoms with van der Waals surface area (Å²) < 4.78 is 5.03. The monoisotopic (exact) mass is 236 g/mol. The third-order valence-corrected chi connectivity index (χ3v) is 2.20. The molecule has 0 radical (unpaired) electrons. The van der Waals surface area contributed by atoms with Crippen LogP contribution in [0.2, 0.25) is 0 Å². The van der Waals surface area contributed by atoms with Crippen molar-refractivity contribution in [3.05, 3.63) is 29.8 Å². The summed E-state index contributed by atoms with van der Waals surface area (Å²) >= 11 is 0. The average molecular weight is 236 g/mol. The number of benzene rings is 1. The second-order valence-electron chi connectivity index (χ2n) is 3.41. The van der Waals surface area contributed by atoms with E-state index < -0.39 is 0 Å². The summed E-state index contributed by atoms with van der Waals surface area (Å²) in [5.74, 6) is 0.510. The lowest BCUT2D eigenvalue weighted by atomic mass is 10.2. The minimum atomic E-state index is -0.144. The Hall–Kier alpha value is -2.04. The number of carbonyl (C=O) groups is 2. The van der Waals surface area contributed by atoms with Gasteiger partial charge in [-0.05, 0) is 24.6 Å². The molecule has 0 atom stereocenters. The first-order valence-corrected chi connectivity index (χ1v) is 5.37. The van der Waals surface area contributed by atoms with Crippen molar-refractivity contribution in [2.75, 3.05) is 20.2 Å². The van der Waals surface area contributed by atoms with Crippen molar-refractivity contribution in [2.45, 2.75) is 6.42 Å². The highest BCUT2D eigenvalue weighted by Gasteiger charge is 2.05. The van der Waals surface area contributed by atoms with Crippen LogP contribution in [0, 0.1) is 0 Å². The molecule has 5 nitrogen and oxygen atoms in total. The SMILES string of the molecule is COc1cccc(C(=O)NCCCNC=O)c1. The van der Waals surface area contributed by atoms with Gasteiger partial charge in [0.2, 0.25) is 6.41 Å². The molecule has 0 spiro atoms. The van der Waals surface area contributed by atoms with E-state index in [9.17, 15) is 9.59 Å². The van der Waals surface area contributed by atoms with Crippen LogP contribution in [-0.2, 0) is 4.79 Å². The van der Waals surface area contributed by atoms with Gasteiger partial charge in [0, 0.05) is 18.7 Å². The quantitative estimate of drug-likeness (QED) is 0.537. The molecule has 1 rings (SSSR count). The molecule has 0 aliphatic heterocycles. The van der Waals surface area contributed by atoms with Crippen LogP contribution in [0.3, 0.4) is 0 Å². The fourth-order valence-electron chi connectivity index (χ4n) is 1.32. The molecule has 1 aromatic carbocycles. The van der Waals surface area contributed by atoms with Crippen LogP contribution in [0.5, 0.6) is 5.75 Å². The van der Waals surface area contributed by atoms with Crippen LogP contribution >= 0.6 is 0 Å². The molecule has 0 saturated heterocycles. The van der Waals surface area contributed by atoms with Gasteiger partial charge in [-0.15, -0.1) is 0 Å². The number of methoxy groups -OCH3 is 1. The first-order valence-electron chi connectivity index (χ1n) is 5.37. The van der Waals surface area contributed by atoms with E-state index in [1.54, 1.807) is 31.4 Å². The Labute approximate surface area is 100 Å². The van der Waals surface area contributed by atoms with E-state index in [0.29, 0.717) is 37.2 Å². The Balaban J connectivity index is 2.38. The van der Waals surface area contributed by atoms with E-state index in [1.807, 2.05) is 0 Å². The van der Waals surface area contributed by atoms with E-state index in [-0.39, 0.29) is 5.91 Å². The molecule has 0 aliphatic rings. The van der Waals surface area contributed by atoms with Crippen molar-refractivity contribution in [2.24, 2.45) is 0 Å². The maximum atomic E-state index is 11.7. The maximum absolute atomic E-state index is 11.7. The lowest BCUT2D eigenvalue weighted by molar-refractivity contribution is -0.109. The van der Waals surface area contributed by atoms with Gasteiger partial charge in [0.15, 0.2) is 0 Å². The molecule has 5 heteroatoms. The Morgan fingerprint density at radius 1 is 1.41 bits per heavy atom. The topological polar surface area (TPSA) is 67.4 Å². The highest BCUT2D eigenvalue weighted by atomic mass is 16.5. The predicted octanol–water partition coefficient (Wildman–Crippen LogP) is 0.561. The van der Waals surface area contributed by atoms with E-state index in [4.69, 9.17) is 4.74 Å². The summed E-state index contributed by atoms with van der Waals surface area (Å²) in [7, 11) is 1.56. The number of hydrogen-bond acceptors (Lipinski definition) is 3. The highest BCUT2D eigenvalue weighted by molar-refractivity contribution is 5.94. The van der Waals surface area contributed by atoms with Crippen molar-refractivity contribution < 1.29 is 14.3 Å². The Kier molecular flexibility index (Phi) is 5.57. The molecule has 2 N–H and O–H groups in total. The molecule has 0 saturated carbocycles. The number of carbonyl (C=O) groups excluding carboxylic acids is 2. The highest BCUT2D eigenvalue weighted by Crippen LogP contribution is 2.12. The molecule has 0 fully saturated rings. The van der Waals surface area contributed by atoms with E-state index >= 15 is 0 Å². The largest absolute Gasteiger partial charge is 0.497 e. The number of rotatable bonds is 7. The standard InChI is InChI=1S/C12H16N2O3/c1-17-11-5-2-4-10(8-11)12(16)14-7-3-6-13-9-15/h2,4-5,8-9H,3,6-7H2,1H3,(H,13,15)(H,14,16). The first-order chi connectivity index (χ1) is 8.27. The minimum Gasteiger partial charge on any atom is -0.497 e. The number of amides is 2. The van der Waals surface area contributed by atoms with Crippen LogP contribution < -0.4 is 15.4 Å². The molecule has 0 aliphatic carbocycles. The third-order valence-electron chi connectivity index (χ3n) is 2.20. The molecule has 2 amide bonds. The summed E-state index contributed by atoms with van der Waals surface area (Å²) in [6.07, 6.45) is 1.35. The average Bonchev–Trinajstić information content (AvgIpc) is 2.38. The van der Waals surface area contributed by atoms with Crippen LogP contribution in [-0.4, -0.2) is 32.5 Å². The van der Waals surface area contributed by atoms with Gasteiger partial charge in [-0.1, -0.05) is 6.07 Å². The van der Waals surface area contributed by atoms with E-state index in [1.165, 1.54) is 0 Å². The van der Waals surface area contributed by atoms with Gasteiger partial charge in [0.1, 0.15) is 5.75 Å². The summed E-state index contributed by atoms with van der Waals surface area (Å²) in [4.78, 5) is 21.7. The molecule has 17 heavy (non-hydrogen) atoms. The fraction of sp³-hybridized carbons (Fsp3) is 0.333. The normalized spacial score (nSPS) is 9.47. The van der Waals surface area contributed by atoms with E-state index in [2.05, 4.69) is 10.6 Å². The van der Waals surface area contributed by atoms with Crippen molar-refractivity contribution >= 4 is 12.3 Å². The Bertz CT molecular complexity index is 380. The molecule has 0 heterocycles. The maximum Gasteiger partial charge on any atom is 0.251 e. The summed E-state index contributed by atoms with van der Waals surface area (Å²) in [5.41, 5.74) is 0.563. The van der Waals surface area contributed by atoms with Gasteiger partial charge < -0.3 is 15.4 Å². The lowest BCUT2D eigenvalue weighted by Crippen LogP contribution is -2.27. The predicted molar refractivity (Wildman–Crippen MR) is 64.0 cm³/mol.